The number of carbonyl (C=O) groups excluding carboxylic acids is 1. The Balaban J connectivity index is 1.36. The first-order chi connectivity index (χ1) is 14.5. The van der Waals surface area contributed by atoms with Crippen LogP contribution < -0.4 is 9.64 Å². The van der Waals surface area contributed by atoms with Crippen molar-refractivity contribution in [2.45, 2.75) is 33.4 Å². The highest BCUT2D eigenvalue weighted by Gasteiger charge is 2.30. The third-order valence-corrected chi connectivity index (χ3v) is 7.33. The van der Waals surface area contributed by atoms with Gasteiger partial charge in [0.1, 0.15) is 12.4 Å². The standard InChI is InChI=1S/C25H26N2O2S/c1-16-7-9-20(10-8-16)27-12-11-26(14-18(27)3)25(28)22-13-19-15-29-21-6-4-5-17(2)23(21)24(19)30-22/h4-10,13,18H,11-12,14-15H2,1-3H3/t18-/m1/s1. The van der Waals surface area contributed by atoms with Crippen molar-refractivity contribution < 1.29 is 9.53 Å². The Bertz CT molecular complexity index is 1100. The number of ether oxygens (including phenoxy) is 1. The van der Waals surface area contributed by atoms with E-state index in [0.29, 0.717) is 6.61 Å². The first kappa shape index (κ1) is 19.2. The monoisotopic (exact) mass is 418 g/mol. The van der Waals surface area contributed by atoms with Gasteiger partial charge >= 0.3 is 0 Å². The average Bonchev–Trinajstić information content (AvgIpc) is 3.18. The van der Waals surface area contributed by atoms with Crippen molar-refractivity contribution in [2.75, 3.05) is 24.5 Å². The first-order valence-electron chi connectivity index (χ1n) is 10.5. The van der Waals surface area contributed by atoms with Gasteiger partial charge in [-0.3, -0.25) is 4.79 Å². The molecule has 0 unspecified atom stereocenters. The average molecular weight is 419 g/mol. The molecule has 1 amide bonds. The summed E-state index contributed by atoms with van der Waals surface area (Å²) in [4.78, 5) is 19.7. The molecule has 0 N–H and O–H groups in total. The van der Waals surface area contributed by atoms with E-state index in [2.05, 4.69) is 56.0 Å². The summed E-state index contributed by atoms with van der Waals surface area (Å²) in [6.45, 7) is 9.28. The minimum atomic E-state index is 0.139. The second-order valence-corrected chi connectivity index (χ2v) is 9.38. The zero-order valence-corrected chi connectivity index (χ0v) is 18.5. The van der Waals surface area contributed by atoms with E-state index >= 15 is 0 Å². The molecule has 4 nitrogen and oxygen atoms in total. The molecule has 154 valence electrons. The van der Waals surface area contributed by atoms with Crippen LogP contribution in [0.4, 0.5) is 5.69 Å². The zero-order chi connectivity index (χ0) is 20.8. The van der Waals surface area contributed by atoms with Crippen LogP contribution in [0.15, 0.2) is 48.5 Å². The van der Waals surface area contributed by atoms with Crippen molar-refractivity contribution in [1.29, 1.82) is 0 Å². The summed E-state index contributed by atoms with van der Waals surface area (Å²) in [5.74, 6) is 1.06. The molecule has 0 aliphatic carbocycles. The molecule has 0 radical (unpaired) electrons. The quantitative estimate of drug-likeness (QED) is 0.568. The maximum Gasteiger partial charge on any atom is 0.264 e. The fourth-order valence-corrected chi connectivity index (χ4v) is 5.73. The van der Waals surface area contributed by atoms with E-state index in [-0.39, 0.29) is 11.9 Å². The zero-order valence-electron chi connectivity index (χ0n) is 17.6. The van der Waals surface area contributed by atoms with Crippen molar-refractivity contribution in [3.05, 3.63) is 70.1 Å². The Morgan fingerprint density at radius 2 is 1.90 bits per heavy atom. The number of piperazine rings is 1. The Labute approximate surface area is 181 Å². The molecule has 1 fully saturated rings. The number of benzene rings is 2. The lowest BCUT2D eigenvalue weighted by atomic mass is 10.0. The highest BCUT2D eigenvalue weighted by molar-refractivity contribution is 7.17. The van der Waals surface area contributed by atoms with E-state index in [1.54, 1.807) is 11.3 Å². The molecular formula is C25H26N2O2S. The summed E-state index contributed by atoms with van der Waals surface area (Å²) in [6, 6.07) is 17.1. The second kappa shape index (κ2) is 7.47. The minimum Gasteiger partial charge on any atom is -0.488 e. The van der Waals surface area contributed by atoms with Crippen LogP contribution in [0.3, 0.4) is 0 Å². The molecule has 5 rings (SSSR count). The number of carbonyl (C=O) groups is 1. The molecule has 2 aromatic carbocycles. The predicted octanol–water partition coefficient (Wildman–Crippen LogP) is 5.28. The molecule has 1 atom stereocenters. The number of hydrogen-bond donors (Lipinski definition) is 0. The van der Waals surface area contributed by atoms with Crippen LogP contribution in [0, 0.1) is 13.8 Å². The summed E-state index contributed by atoms with van der Waals surface area (Å²) in [7, 11) is 0. The van der Waals surface area contributed by atoms with Gasteiger partial charge in [0.2, 0.25) is 0 Å². The van der Waals surface area contributed by atoms with Gasteiger partial charge in [0.15, 0.2) is 0 Å². The first-order valence-corrected chi connectivity index (χ1v) is 11.3. The Morgan fingerprint density at radius 1 is 1.10 bits per heavy atom. The van der Waals surface area contributed by atoms with E-state index in [1.165, 1.54) is 21.7 Å². The fourth-order valence-electron chi connectivity index (χ4n) is 4.48. The van der Waals surface area contributed by atoms with E-state index in [4.69, 9.17) is 4.74 Å². The van der Waals surface area contributed by atoms with Gasteiger partial charge in [0.25, 0.3) is 5.91 Å². The summed E-state index contributed by atoms with van der Waals surface area (Å²) < 4.78 is 5.93. The Kier molecular flexibility index (Phi) is 4.78. The van der Waals surface area contributed by atoms with Gasteiger partial charge in [0.05, 0.1) is 4.88 Å². The van der Waals surface area contributed by atoms with Gasteiger partial charge in [-0.05, 0) is 50.6 Å². The van der Waals surface area contributed by atoms with Crippen LogP contribution in [0.25, 0.3) is 10.4 Å². The normalized spacial score (nSPS) is 17.9. The van der Waals surface area contributed by atoms with Crippen LogP contribution >= 0.6 is 11.3 Å². The summed E-state index contributed by atoms with van der Waals surface area (Å²) >= 11 is 1.61. The molecule has 2 aliphatic rings. The van der Waals surface area contributed by atoms with Gasteiger partial charge in [-0.15, -0.1) is 11.3 Å². The third kappa shape index (κ3) is 3.27. The molecule has 1 aromatic heterocycles. The smallest absolute Gasteiger partial charge is 0.264 e. The number of anilines is 1. The fraction of sp³-hybridized carbons (Fsp3) is 0.320. The molecular weight excluding hydrogens is 392 g/mol. The minimum absolute atomic E-state index is 0.139. The number of rotatable bonds is 2. The molecule has 1 saturated heterocycles. The summed E-state index contributed by atoms with van der Waals surface area (Å²) in [6.07, 6.45) is 0. The highest BCUT2D eigenvalue weighted by atomic mass is 32.1. The highest BCUT2D eigenvalue weighted by Crippen LogP contribution is 2.44. The van der Waals surface area contributed by atoms with Crippen molar-refractivity contribution in [1.82, 2.24) is 4.90 Å². The SMILES string of the molecule is Cc1ccc(N2CCN(C(=O)c3cc4c(s3)-c3c(C)cccc3OC4)C[C@H]2C)cc1. The van der Waals surface area contributed by atoms with Crippen molar-refractivity contribution in [2.24, 2.45) is 0 Å². The van der Waals surface area contributed by atoms with Gasteiger partial charge in [0, 0.05) is 47.4 Å². The van der Waals surface area contributed by atoms with Gasteiger partial charge in [-0.1, -0.05) is 29.8 Å². The Hall–Kier alpha value is -2.79. The molecule has 3 aromatic rings. The number of nitrogens with zero attached hydrogens (tertiary/aromatic N) is 2. The number of aryl methyl sites for hydroxylation is 2. The number of fused-ring (bicyclic) bond motifs is 3. The number of thiophene rings is 1. The molecule has 5 heteroatoms. The lowest BCUT2D eigenvalue weighted by molar-refractivity contribution is 0.0731. The third-order valence-electron chi connectivity index (χ3n) is 6.14. The molecule has 2 aliphatic heterocycles. The van der Waals surface area contributed by atoms with Gasteiger partial charge in [-0.2, -0.15) is 0 Å². The summed E-state index contributed by atoms with van der Waals surface area (Å²) in [5, 5.41) is 0. The molecule has 0 bridgehead atoms. The van der Waals surface area contributed by atoms with Crippen LogP contribution in [-0.4, -0.2) is 36.5 Å². The maximum absolute atomic E-state index is 13.3. The van der Waals surface area contributed by atoms with Crippen molar-refractivity contribution in [3.8, 4) is 16.2 Å². The van der Waals surface area contributed by atoms with Crippen LogP contribution in [0.2, 0.25) is 0 Å². The second-order valence-electron chi connectivity index (χ2n) is 8.33. The summed E-state index contributed by atoms with van der Waals surface area (Å²) in [5.41, 5.74) is 5.95. The van der Waals surface area contributed by atoms with Crippen LogP contribution in [-0.2, 0) is 6.61 Å². The van der Waals surface area contributed by atoms with Crippen LogP contribution in [0.5, 0.6) is 5.75 Å². The van der Waals surface area contributed by atoms with E-state index < -0.39 is 0 Å². The predicted molar refractivity (Wildman–Crippen MR) is 123 cm³/mol. The van der Waals surface area contributed by atoms with Gasteiger partial charge < -0.3 is 14.5 Å². The van der Waals surface area contributed by atoms with Crippen molar-refractivity contribution in [3.63, 3.8) is 0 Å². The maximum atomic E-state index is 13.3. The number of amides is 1. The molecule has 0 saturated carbocycles. The molecule has 3 heterocycles. The van der Waals surface area contributed by atoms with Crippen LogP contribution in [0.1, 0.15) is 33.3 Å². The molecule has 0 spiro atoms. The van der Waals surface area contributed by atoms with E-state index in [1.807, 2.05) is 23.1 Å². The lowest BCUT2D eigenvalue weighted by Gasteiger charge is -2.41. The largest absolute Gasteiger partial charge is 0.488 e. The molecule has 30 heavy (non-hydrogen) atoms. The van der Waals surface area contributed by atoms with Crippen molar-refractivity contribution >= 4 is 22.9 Å². The van der Waals surface area contributed by atoms with E-state index in [0.717, 1.165) is 41.4 Å². The topological polar surface area (TPSA) is 32.8 Å². The lowest BCUT2D eigenvalue weighted by Crippen LogP contribution is -2.53. The van der Waals surface area contributed by atoms with Gasteiger partial charge in [-0.25, -0.2) is 0 Å². The number of hydrogen-bond acceptors (Lipinski definition) is 4. The Morgan fingerprint density at radius 3 is 2.67 bits per heavy atom. The van der Waals surface area contributed by atoms with E-state index in [9.17, 15) is 4.79 Å².